The van der Waals surface area contributed by atoms with Gasteiger partial charge in [-0.1, -0.05) is 15.9 Å². The molecule has 0 fully saturated rings. The molecule has 0 N–H and O–H groups in total. The Labute approximate surface area is 134 Å². The Balaban J connectivity index is 2.45. The lowest BCUT2D eigenvalue weighted by Crippen LogP contribution is -2.06. The van der Waals surface area contributed by atoms with Crippen molar-refractivity contribution < 1.29 is 0 Å². The molecule has 0 amide bonds. The van der Waals surface area contributed by atoms with Gasteiger partial charge in [0.05, 0.1) is 22.8 Å². The van der Waals surface area contributed by atoms with Crippen molar-refractivity contribution in [1.82, 2.24) is 19.3 Å². The van der Waals surface area contributed by atoms with Crippen LogP contribution in [0.25, 0.3) is 16.9 Å². The van der Waals surface area contributed by atoms with Crippen molar-refractivity contribution in [3.8, 4) is 11.8 Å². The standard InChI is InChI=1S/C14H11BrClN5/c1-8-13-14(20(2)19-8)21(12(6-16)18-13)11-5-10(15)4-3-9(11)7-17/h3-5H,6H2,1-2H3. The third kappa shape index (κ3) is 2.13. The van der Waals surface area contributed by atoms with E-state index in [1.54, 1.807) is 10.7 Å². The Kier molecular flexibility index (Phi) is 3.47. The predicted octanol–water partition coefficient (Wildman–Crippen LogP) is 3.44. The summed E-state index contributed by atoms with van der Waals surface area (Å²) in [5.74, 6) is 0.947. The van der Waals surface area contributed by atoms with Gasteiger partial charge < -0.3 is 0 Å². The number of benzene rings is 1. The summed E-state index contributed by atoms with van der Waals surface area (Å²) in [7, 11) is 1.86. The van der Waals surface area contributed by atoms with E-state index in [-0.39, 0.29) is 5.88 Å². The number of hydrogen-bond acceptors (Lipinski definition) is 3. The number of alkyl halides is 1. The molecule has 0 aliphatic heterocycles. The van der Waals surface area contributed by atoms with Crippen LogP contribution < -0.4 is 0 Å². The highest BCUT2D eigenvalue weighted by atomic mass is 79.9. The van der Waals surface area contributed by atoms with Crippen molar-refractivity contribution in [3.63, 3.8) is 0 Å². The van der Waals surface area contributed by atoms with Crippen molar-refractivity contribution in [3.05, 3.63) is 39.8 Å². The minimum absolute atomic E-state index is 0.255. The molecule has 0 radical (unpaired) electrons. The zero-order valence-corrected chi connectivity index (χ0v) is 13.8. The Morgan fingerprint density at radius 1 is 1.43 bits per heavy atom. The van der Waals surface area contributed by atoms with Crippen LogP contribution in [0.5, 0.6) is 0 Å². The smallest absolute Gasteiger partial charge is 0.163 e. The molecule has 2 heterocycles. The minimum Gasteiger partial charge on any atom is -0.279 e. The second-order valence-corrected chi connectivity index (χ2v) is 5.83. The molecule has 106 valence electrons. The number of nitriles is 1. The Morgan fingerprint density at radius 3 is 2.86 bits per heavy atom. The second-order valence-electron chi connectivity index (χ2n) is 4.65. The van der Waals surface area contributed by atoms with Gasteiger partial charge in [0.2, 0.25) is 0 Å². The third-order valence-corrected chi connectivity index (χ3v) is 4.04. The van der Waals surface area contributed by atoms with Gasteiger partial charge in [0, 0.05) is 11.5 Å². The summed E-state index contributed by atoms with van der Waals surface area (Å²) in [6.07, 6.45) is 0. The molecule has 5 nitrogen and oxygen atoms in total. The average Bonchev–Trinajstić information content (AvgIpc) is 2.97. The summed E-state index contributed by atoms with van der Waals surface area (Å²) in [6.45, 7) is 1.91. The maximum atomic E-state index is 9.36. The van der Waals surface area contributed by atoms with Crippen LogP contribution in [0.1, 0.15) is 17.1 Å². The lowest BCUT2D eigenvalue weighted by Gasteiger charge is -2.10. The van der Waals surface area contributed by atoms with Crippen LogP contribution in [-0.2, 0) is 12.9 Å². The van der Waals surface area contributed by atoms with Crippen LogP contribution in [0, 0.1) is 18.3 Å². The number of halogens is 2. The summed E-state index contributed by atoms with van der Waals surface area (Å²) in [4.78, 5) is 4.56. The molecule has 0 unspecified atom stereocenters. The third-order valence-electron chi connectivity index (χ3n) is 3.31. The highest BCUT2D eigenvalue weighted by molar-refractivity contribution is 9.10. The molecular formula is C14H11BrClN5. The summed E-state index contributed by atoms with van der Waals surface area (Å²) >= 11 is 9.49. The fraction of sp³-hybridized carbons (Fsp3) is 0.214. The summed E-state index contributed by atoms with van der Waals surface area (Å²) in [5, 5.41) is 13.7. The van der Waals surface area contributed by atoms with Gasteiger partial charge in [-0.15, -0.1) is 11.6 Å². The van der Waals surface area contributed by atoms with Gasteiger partial charge in [-0.3, -0.25) is 4.57 Å². The summed E-state index contributed by atoms with van der Waals surface area (Å²) in [6, 6.07) is 7.71. The molecule has 0 spiro atoms. The van der Waals surface area contributed by atoms with E-state index in [9.17, 15) is 5.26 Å². The van der Waals surface area contributed by atoms with Crippen molar-refractivity contribution in [2.75, 3.05) is 0 Å². The van der Waals surface area contributed by atoms with E-state index in [1.807, 2.05) is 30.7 Å². The highest BCUT2D eigenvalue weighted by Gasteiger charge is 2.20. The monoisotopic (exact) mass is 363 g/mol. The largest absolute Gasteiger partial charge is 0.279 e. The molecular weight excluding hydrogens is 354 g/mol. The molecule has 2 aromatic heterocycles. The van der Waals surface area contributed by atoms with Gasteiger partial charge in [0.15, 0.2) is 5.65 Å². The van der Waals surface area contributed by atoms with E-state index >= 15 is 0 Å². The fourth-order valence-corrected chi connectivity index (χ4v) is 2.97. The van der Waals surface area contributed by atoms with Crippen LogP contribution in [0.2, 0.25) is 0 Å². The first-order chi connectivity index (χ1) is 10.1. The van der Waals surface area contributed by atoms with Crippen LogP contribution in [-0.4, -0.2) is 19.3 Å². The van der Waals surface area contributed by atoms with E-state index in [0.29, 0.717) is 11.4 Å². The molecule has 0 aliphatic carbocycles. The normalized spacial score (nSPS) is 11.0. The lowest BCUT2D eigenvalue weighted by molar-refractivity contribution is 0.755. The van der Waals surface area contributed by atoms with Crippen LogP contribution in [0.4, 0.5) is 0 Å². The van der Waals surface area contributed by atoms with E-state index in [1.165, 1.54) is 0 Å². The average molecular weight is 365 g/mol. The van der Waals surface area contributed by atoms with E-state index < -0.39 is 0 Å². The predicted molar refractivity (Wildman–Crippen MR) is 84.5 cm³/mol. The van der Waals surface area contributed by atoms with Crippen molar-refractivity contribution in [2.24, 2.45) is 7.05 Å². The van der Waals surface area contributed by atoms with Gasteiger partial charge in [-0.25, -0.2) is 9.67 Å². The zero-order valence-electron chi connectivity index (χ0n) is 11.4. The van der Waals surface area contributed by atoms with Crippen molar-refractivity contribution >= 4 is 38.7 Å². The van der Waals surface area contributed by atoms with Gasteiger partial charge in [-0.05, 0) is 25.1 Å². The first-order valence-corrected chi connectivity index (χ1v) is 7.56. The Hall–Kier alpha value is -1.84. The SMILES string of the molecule is Cc1nn(C)c2c1nc(CCl)n2-c1cc(Br)ccc1C#N. The van der Waals surface area contributed by atoms with Crippen molar-refractivity contribution in [2.45, 2.75) is 12.8 Å². The molecule has 3 rings (SSSR count). The molecule has 1 aromatic carbocycles. The minimum atomic E-state index is 0.255. The molecule has 3 aromatic rings. The van der Waals surface area contributed by atoms with E-state index in [4.69, 9.17) is 11.6 Å². The number of fused-ring (bicyclic) bond motifs is 1. The number of nitrogens with zero attached hydrogens (tertiary/aromatic N) is 5. The molecule has 0 aliphatic rings. The lowest BCUT2D eigenvalue weighted by atomic mass is 10.2. The Morgan fingerprint density at radius 2 is 2.19 bits per heavy atom. The van der Waals surface area contributed by atoms with Gasteiger partial charge >= 0.3 is 0 Å². The molecule has 0 saturated heterocycles. The number of hydrogen-bond donors (Lipinski definition) is 0. The molecule has 0 atom stereocenters. The van der Waals surface area contributed by atoms with E-state index in [0.717, 1.165) is 27.0 Å². The summed E-state index contributed by atoms with van der Waals surface area (Å²) < 4.78 is 4.54. The number of aromatic nitrogens is 4. The number of rotatable bonds is 2. The number of aryl methyl sites for hydroxylation is 2. The summed E-state index contributed by atoms with van der Waals surface area (Å²) in [5.41, 5.74) is 3.77. The first-order valence-electron chi connectivity index (χ1n) is 6.23. The van der Waals surface area contributed by atoms with Gasteiger partial charge in [0.25, 0.3) is 0 Å². The molecule has 0 saturated carbocycles. The van der Waals surface area contributed by atoms with Gasteiger partial charge in [-0.2, -0.15) is 10.4 Å². The topological polar surface area (TPSA) is 59.4 Å². The molecule has 21 heavy (non-hydrogen) atoms. The van der Waals surface area contributed by atoms with Crippen molar-refractivity contribution in [1.29, 1.82) is 5.26 Å². The van der Waals surface area contributed by atoms with Crippen LogP contribution in [0.3, 0.4) is 0 Å². The zero-order chi connectivity index (χ0) is 15.1. The Bertz CT molecular complexity index is 887. The van der Waals surface area contributed by atoms with Crippen LogP contribution in [0.15, 0.2) is 22.7 Å². The molecule has 7 heteroatoms. The number of imidazole rings is 1. The maximum absolute atomic E-state index is 9.36. The van der Waals surface area contributed by atoms with Gasteiger partial charge in [0.1, 0.15) is 17.4 Å². The van der Waals surface area contributed by atoms with E-state index in [2.05, 4.69) is 32.1 Å². The van der Waals surface area contributed by atoms with Crippen LogP contribution >= 0.6 is 27.5 Å². The molecule has 0 bridgehead atoms. The fourth-order valence-electron chi connectivity index (χ4n) is 2.44. The quantitative estimate of drug-likeness (QED) is 0.654. The maximum Gasteiger partial charge on any atom is 0.163 e. The first kappa shape index (κ1) is 14.1. The highest BCUT2D eigenvalue weighted by Crippen LogP contribution is 2.28. The second kappa shape index (κ2) is 5.17.